The minimum Gasteiger partial charge on any atom is -0.371 e. The van der Waals surface area contributed by atoms with E-state index < -0.39 is 0 Å². The van der Waals surface area contributed by atoms with Crippen molar-refractivity contribution in [2.45, 2.75) is 25.8 Å². The molecule has 1 fully saturated rings. The molecule has 2 aromatic carbocycles. The van der Waals surface area contributed by atoms with Gasteiger partial charge in [0, 0.05) is 25.3 Å². The first kappa shape index (κ1) is 14.2. The monoisotopic (exact) mass is 280 g/mol. The van der Waals surface area contributed by atoms with Crippen molar-refractivity contribution in [1.29, 1.82) is 0 Å². The molecule has 0 bridgehead atoms. The van der Waals surface area contributed by atoms with E-state index in [0.717, 1.165) is 19.5 Å². The van der Waals surface area contributed by atoms with Crippen molar-refractivity contribution in [3.05, 3.63) is 65.7 Å². The molecule has 1 aliphatic rings. The van der Waals surface area contributed by atoms with Gasteiger partial charge in [-0.1, -0.05) is 48.5 Å². The zero-order chi connectivity index (χ0) is 14.3. The van der Waals surface area contributed by atoms with E-state index in [1.165, 1.54) is 42.7 Å². The van der Waals surface area contributed by atoms with Gasteiger partial charge < -0.3 is 10.2 Å². The van der Waals surface area contributed by atoms with E-state index in [4.69, 9.17) is 0 Å². The number of para-hydroxylation sites is 1. The number of hydrogen-bond donors (Lipinski definition) is 1. The Morgan fingerprint density at radius 2 is 1.57 bits per heavy atom. The van der Waals surface area contributed by atoms with Gasteiger partial charge in [0.2, 0.25) is 0 Å². The lowest BCUT2D eigenvalue weighted by molar-refractivity contribution is 0.685. The van der Waals surface area contributed by atoms with Gasteiger partial charge in [-0.3, -0.25) is 0 Å². The summed E-state index contributed by atoms with van der Waals surface area (Å²) >= 11 is 0. The summed E-state index contributed by atoms with van der Waals surface area (Å²) in [5, 5.41) is 3.59. The molecule has 1 aliphatic heterocycles. The molecule has 21 heavy (non-hydrogen) atoms. The zero-order valence-corrected chi connectivity index (χ0v) is 12.6. The molecule has 0 spiro atoms. The number of anilines is 1. The second kappa shape index (κ2) is 7.28. The summed E-state index contributed by atoms with van der Waals surface area (Å²) in [5.41, 5.74) is 4.24. The average molecular weight is 280 g/mol. The van der Waals surface area contributed by atoms with E-state index in [-0.39, 0.29) is 0 Å². The fourth-order valence-electron chi connectivity index (χ4n) is 3.03. The second-order valence-corrected chi connectivity index (χ2v) is 5.74. The minimum absolute atomic E-state index is 0.958. The predicted octanol–water partition coefficient (Wildman–Crippen LogP) is 3.62. The van der Waals surface area contributed by atoms with Gasteiger partial charge in [0.05, 0.1) is 0 Å². The molecule has 1 heterocycles. The number of rotatable bonds is 6. The molecular formula is C19H24N2. The smallest absolute Gasteiger partial charge is 0.0411 e. The lowest BCUT2D eigenvalue weighted by Gasteiger charge is -2.21. The Hall–Kier alpha value is -1.80. The van der Waals surface area contributed by atoms with E-state index in [0.29, 0.717) is 0 Å². The van der Waals surface area contributed by atoms with Gasteiger partial charge in [0.25, 0.3) is 0 Å². The van der Waals surface area contributed by atoms with Crippen molar-refractivity contribution in [3.63, 3.8) is 0 Å². The fourth-order valence-corrected chi connectivity index (χ4v) is 3.03. The molecule has 3 rings (SSSR count). The highest BCUT2D eigenvalue weighted by molar-refractivity contribution is 5.54. The molecule has 0 amide bonds. The number of hydrogen-bond acceptors (Lipinski definition) is 2. The molecule has 0 aromatic heterocycles. The highest BCUT2D eigenvalue weighted by Gasteiger charge is 2.14. The summed E-state index contributed by atoms with van der Waals surface area (Å²) in [6.07, 6.45) is 3.75. The van der Waals surface area contributed by atoms with Crippen LogP contribution in [0.5, 0.6) is 0 Å². The van der Waals surface area contributed by atoms with Gasteiger partial charge in [0.1, 0.15) is 0 Å². The summed E-state index contributed by atoms with van der Waals surface area (Å²) in [5.74, 6) is 0. The Labute approximate surface area is 127 Å². The highest BCUT2D eigenvalue weighted by atomic mass is 15.1. The SMILES string of the molecule is c1ccc(CCNCc2ccccc2N2CCCC2)cc1. The normalized spacial score (nSPS) is 14.6. The Balaban J connectivity index is 1.53. The van der Waals surface area contributed by atoms with Crippen molar-refractivity contribution in [3.8, 4) is 0 Å². The summed E-state index contributed by atoms with van der Waals surface area (Å²) in [6.45, 7) is 4.40. The van der Waals surface area contributed by atoms with E-state index >= 15 is 0 Å². The van der Waals surface area contributed by atoms with Crippen molar-refractivity contribution >= 4 is 5.69 Å². The number of nitrogens with one attached hydrogen (secondary N) is 1. The van der Waals surface area contributed by atoms with Crippen LogP contribution in [0.3, 0.4) is 0 Å². The van der Waals surface area contributed by atoms with Crippen LogP contribution in [0, 0.1) is 0 Å². The van der Waals surface area contributed by atoms with Gasteiger partial charge in [-0.05, 0) is 43.0 Å². The van der Waals surface area contributed by atoms with Crippen molar-refractivity contribution in [1.82, 2.24) is 5.32 Å². The van der Waals surface area contributed by atoms with E-state index in [1.54, 1.807) is 0 Å². The lowest BCUT2D eigenvalue weighted by atomic mass is 10.1. The van der Waals surface area contributed by atoms with Gasteiger partial charge in [-0.15, -0.1) is 0 Å². The highest BCUT2D eigenvalue weighted by Crippen LogP contribution is 2.24. The molecule has 1 N–H and O–H groups in total. The average Bonchev–Trinajstić information content (AvgIpc) is 3.07. The molecule has 0 aliphatic carbocycles. The maximum Gasteiger partial charge on any atom is 0.0411 e. The largest absolute Gasteiger partial charge is 0.371 e. The van der Waals surface area contributed by atoms with Gasteiger partial charge in [0.15, 0.2) is 0 Å². The molecule has 0 atom stereocenters. The molecule has 2 aromatic rings. The first-order valence-corrected chi connectivity index (χ1v) is 8.01. The molecule has 0 unspecified atom stereocenters. The molecule has 0 radical (unpaired) electrons. The van der Waals surface area contributed by atoms with Crippen molar-refractivity contribution < 1.29 is 0 Å². The van der Waals surface area contributed by atoms with Crippen molar-refractivity contribution in [2.75, 3.05) is 24.5 Å². The van der Waals surface area contributed by atoms with Gasteiger partial charge in [-0.25, -0.2) is 0 Å². The Kier molecular flexibility index (Phi) is 4.90. The maximum atomic E-state index is 3.59. The summed E-state index contributed by atoms with van der Waals surface area (Å²) < 4.78 is 0. The van der Waals surface area contributed by atoms with Crippen LogP contribution in [-0.4, -0.2) is 19.6 Å². The van der Waals surface area contributed by atoms with Crippen LogP contribution in [-0.2, 0) is 13.0 Å². The molecule has 110 valence electrons. The van der Waals surface area contributed by atoms with E-state index in [2.05, 4.69) is 64.8 Å². The lowest BCUT2D eigenvalue weighted by Crippen LogP contribution is -2.22. The fraction of sp³-hybridized carbons (Fsp3) is 0.368. The topological polar surface area (TPSA) is 15.3 Å². The van der Waals surface area contributed by atoms with Crippen LogP contribution >= 0.6 is 0 Å². The van der Waals surface area contributed by atoms with Crippen LogP contribution < -0.4 is 10.2 Å². The van der Waals surface area contributed by atoms with Gasteiger partial charge in [-0.2, -0.15) is 0 Å². The molecule has 2 heteroatoms. The zero-order valence-electron chi connectivity index (χ0n) is 12.6. The van der Waals surface area contributed by atoms with Crippen LogP contribution in [0.1, 0.15) is 24.0 Å². The molecular weight excluding hydrogens is 256 g/mol. The van der Waals surface area contributed by atoms with Crippen LogP contribution in [0.4, 0.5) is 5.69 Å². The third-order valence-corrected chi connectivity index (χ3v) is 4.19. The Morgan fingerprint density at radius 3 is 2.38 bits per heavy atom. The summed E-state index contributed by atoms with van der Waals surface area (Å²) in [7, 11) is 0. The second-order valence-electron chi connectivity index (χ2n) is 5.74. The summed E-state index contributed by atoms with van der Waals surface area (Å²) in [6, 6.07) is 19.5. The third kappa shape index (κ3) is 3.85. The van der Waals surface area contributed by atoms with Crippen LogP contribution in [0.15, 0.2) is 54.6 Å². The summed E-state index contributed by atoms with van der Waals surface area (Å²) in [4.78, 5) is 2.52. The predicted molar refractivity (Wildman–Crippen MR) is 89.7 cm³/mol. The number of benzene rings is 2. The quantitative estimate of drug-likeness (QED) is 0.813. The maximum absolute atomic E-state index is 3.59. The first-order valence-electron chi connectivity index (χ1n) is 8.01. The van der Waals surface area contributed by atoms with E-state index in [9.17, 15) is 0 Å². The van der Waals surface area contributed by atoms with E-state index in [1.807, 2.05) is 0 Å². The van der Waals surface area contributed by atoms with Crippen molar-refractivity contribution in [2.24, 2.45) is 0 Å². The minimum atomic E-state index is 0.958. The first-order chi connectivity index (χ1) is 10.4. The standard InChI is InChI=1S/C19H24N2/c1-2-8-17(9-3-1)12-13-20-16-18-10-4-5-11-19(18)21-14-6-7-15-21/h1-5,8-11,20H,6-7,12-16H2. The Morgan fingerprint density at radius 1 is 0.857 bits per heavy atom. The molecule has 2 nitrogen and oxygen atoms in total. The van der Waals surface area contributed by atoms with Crippen LogP contribution in [0.25, 0.3) is 0 Å². The number of nitrogens with zero attached hydrogens (tertiary/aromatic N) is 1. The van der Waals surface area contributed by atoms with Gasteiger partial charge >= 0.3 is 0 Å². The molecule has 1 saturated heterocycles. The Bertz CT molecular complexity index is 545. The third-order valence-electron chi connectivity index (χ3n) is 4.19. The van der Waals surface area contributed by atoms with Crippen LogP contribution in [0.2, 0.25) is 0 Å². The molecule has 0 saturated carbocycles.